The van der Waals surface area contributed by atoms with Gasteiger partial charge >= 0.3 is 0 Å². The zero-order valence-corrected chi connectivity index (χ0v) is 7.34. The molecular formula is C8H6BrNO. The van der Waals surface area contributed by atoms with Crippen molar-refractivity contribution in [2.24, 2.45) is 0 Å². The molecular weight excluding hydrogens is 206 g/mol. The van der Waals surface area contributed by atoms with Crippen LogP contribution in [0.5, 0.6) is 5.75 Å². The molecule has 0 bridgehead atoms. The van der Waals surface area contributed by atoms with Crippen LogP contribution in [0.25, 0.3) is 0 Å². The standard InChI is InChI=1S/C8H6BrNO/c9-7-2-1-3-8(6-7)11-5-4-10/h1-3,6H,5H2. The first-order valence-electron chi connectivity index (χ1n) is 3.08. The molecule has 0 aromatic heterocycles. The second-order valence-electron chi connectivity index (χ2n) is 1.90. The lowest BCUT2D eigenvalue weighted by atomic mass is 10.3. The zero-order chi connectivity index (χ0) is 8.10. The van der Waals surface area contributed by atoms with E-state index < -0.39 is 0 Å². The van der Waals surface area contributed by atoms with Crippen molar-refractivity contribution < 1.29 is 4.74 Å². The third-order valence-electron chi connectivity index (χ3n) is 1.10. The lowest BCUT2D eigenvalue weighted by Gasteiger charge is -1.99. The maximum absolute atomic E-state index is 8.21. The van der Waals surface area contributed by atoms with E-state index in [2.05, 4.69) is 15.9 Å². The number of benzene rings is 1. The van der Waals surface area contributed by atoms with Crippen molar-refractivity contribution in [3.05, 3.63) is 28.7 Å². The van der Waals surface area contributed by atoms with Crippen LogP contribution in [-0.4, -0.2) is 6.61 Å². The van der Waals surface area contributed by atoms with Crippen LogP contribution in [0, 0.1) is 11.3 Å². The summed E-state index contributed by atoms with van der Waals surface area (Å²) in [4.78, 5) is 0. The smallest absolute Gasteiger partial charge is 0.174 e. The number of halogens is 1. The van der Waals surface area contributed by atoms with Gasteiger partial charge < -0.3 is 4.74 Å². The third kappa shape index (κ3) is 2.60. The van der Waals surface area contributed by atoms with Gasteiger partial charge in [0.15, 0.2) is 6.61 Å². The Morgan fingerprint density at radius 3 is 3.00 bits per heavy atom. The molecule has 11 heavy (non-hydrogen) atoms. The van der Waals surface area contributed by atoms with Crippen LogP contribution in [0.3, 0.4) is 0 Å². The van der Waals surface area contributed by atoms with Crippen LogP contribution in [0.4, 0.5) is 0 Å². The first-order valence-corrected chi connectivity index (χ1v) is 3.87. The number of rotatable bonds is 2. The van der Waals surface area contributed by atoms with Crippen LogP contribution >= 0.6 is 15.9 Å². The van der Waals surface area contributed by atoms with E-state index in [1.807, 2.05) is 30.3 Å². The third-order valence-corrected chi connectivity index (χ3v) is 1.59. The van der Waals surface area contributed by atoms with Crippen LogP contribution in [0.2, 0.25) is 0 Å². The fourth-order valence-electron chi connectivity index (χ4n) is 0.672. The molecule has 0 radical (unpaired) electrons. The second kappa shape index (κ2) is 3.99. The molecule has 0 saturated carbocycles. The second-order valence-corrected chi connectivity index (χ2v) is 2.82. The number of hydrogen-bond donors (Lipinski definition) is 0. The molecule has 56 valence electrons. The number of nitriles is 1. The van der Waals surface area contributed by atoms with Crippen LogP contribution in [-0.2, 0) is 0 Å². The Labute approximate surface area is 73.5 Å². The summed E-state index contributed by atoms with van der Waals surface area (Å²) in [6, 6.07) is 9.28. The van der Waals surface area contributed by atoms with Gasteiger partial charge in [-0.3, -0.25) is 0 Å². The van der Waals surface area contributed by atoms with E-state index in [9.17, 15) is 0 Å². The predicted molar refractivity (Wildman–Crippen MR) is 45.3 cm³/mol. The van der Waals surface area contributed by atoms with Crippen molar-refractivity contribution in [1.29, 1.82) is 5.26 Å². The molecule has 3 heteroatoms. The Kier molecular flexibility index (Phi) is 2.94. The minimum Gasteiger partial charge on any atom is -0.479 e. The number of ether oxygens (including phenoxy) is 1. The summed E-state index contributed by atoms with van der Waals surface area (Å²) in [6.07, 6.45) is 0. The van der Waals surface area contributed by atoms with E-state index in [4.69, 9.17) is 10.00 Å². The highest BCUT2D eigenvalue weighted by Crippen LogP contribution is 2.17. The van der Waals surface area contributed by atoms with Gasteiger partial charge in [0.2, 0.25) is 0 Å². The van der Waals surface area contributed by atoms with Gasteiger partial charge in [-0.15, -0.1) is 0 Å². The van der Waals surface area contributed by atoms with Gasteiger partial charge in [0.25, 0.3) is 0 Å². The molecule has 0 fully saturated rings. The van der Waals surface area contributed by atoms with Crippen LogP contribution < -0.4 is 4.74 Å². The van der Waals surface area contributed by atoms with Gasteiger partial charge in [0.1, 0.15) is 11.8 Å². The summed E-state index contributed by atoms with van der Waals surface area (Å²) in [7, 11) is 0. The Hall–Kier alpha value is -1.01. The molecule has 0 aliphatic rings. The molecule has 2 nitrogen and oxygen atoms in total. The van der Waals surface area contributed by atoms with E-state index in [0.29, 0.717) is 5.75 Å². The highest BCUT2D eigenvalue weighted by atomic mass is 79.9. The molecule has 0 unspecified atom stereocenters. The van der Waals surface area contributed by atoms with Crippen molar-refractivity contribution in [1.82, 2.24) is 0 Å². The van der Waals surface area contributed by atoms with Crippen LogP contribution in [0.15, 0.2) is 28.7 Å². The maximum atomic E-state index is 8.21. The molecule has 0 atom stereocenters. The average Bonchev–Trinajstić information content (AvgIpc) is 2.01. The normalized spacial score (nSPS) is 8.73. The van der Waals surface area contributed by atoms with Gasteiger partial charge in [0.05, 0.1) is 0 Å². The largest absolute Gasteiger partial charge is 0.479 e. The summed E-state index contributed by atoms with van der Waals surface area (Å²) in [5, 5.41) is 8.21. The zero-order valence-electron chi connectivity index (χ0n) is 5.75. The summed E-state index contributed by atoms with van der Waals surface area (Å²) >= 11 is 3.29. The fourth-order valence-corrected chi connectivity index (χ4v) is 1.05. The van der Waals surface area contributed by atoms with E-state index in [1.165, 1.54) is 0 Å². The summed E-state index contributed by atoms with van der Waals surface area (Å²) in [5.41, 5.74) is 0. The molecule has 1 rings (SSSR count). The minimum atomic E-state index is 0.0937. The van der Waals surface area contributed by atoms with E-state index >= 15 is 0 Å². The molecule has 0 spiro atoms. The Morgan fingerprint density at radius 1 is 1.55 bits per heavy atom. The molecule has 0 saturated heterocycles. The molecule has 0 amide bonds. The van der Waals surface area contributed by atoms with Gasteiger partial charge in [0, 0.05) is 4.47 Å². The number of hydrogen-bond acceptors (Lipinski definition) is 2. The van der Waals surface area contributed by atoms with Gasteiger partial charge in [-0.1, -0.05) is 22.0 Å². The summed E-state index contributed by atoms with van der Waals surface area (Å²) in [6.45, 7) is 0.0937. The lowest BCUT2D eigenvalue weighted by Crippen LogP contribution is -1.92. The molecule has 0 N–H and O–H groups in total. The molecule has 1 aromatic carbocycles. The van der Waals surface area contributed by atoms with Crippen molar-refractivity contribution in [3.8, 4) is 11.8 Å². The van der Waals surface area contributed by atoms with Crippen molar-refractivity contribution in [2.75, 3.05) is 6.61 Å². The summed E-state index contributed by atoms with van der Waals surface area (Å²) < 4.78 is 6.00. The van der Waals surface area contributed by atoms with Crippen molar-refractivity contribution >= 4 is 15.9 Å². The molecule has 1 aromatic rings. The van der Waals surface area contributed by atoms with E-state index in [0.717, 1.165) is 4.47 Å². The molecule has 0 aliphatic carbocycles. The quantitative estimate of drug-likeness (QED) is 0.753. The monoisotopic (exact) mass is 211 g/mol. The fraction of sp³-hybridized carbons (Fsp3) is 0.125. The first kappa shape index (κ1) is 8.09. The number of nitrogens with zero attached hydrogens (tertiary/aromatic N) is 1. The molecule has 0 heterocycles. The Morgan fingerprint density at radius 2 is 2.36 bits per heavy atom. The van der Waals surface area contributed by atoms with E-state index in [-0.39, 0.29) is 6.61 Å². The lowest BCUT2D eigenvalue weighted by molar-refractivity contribution is 0.368. The average molecular weight is 212 g/mol. The van der Waals surface area contributed by atoms with Gasteiger partial charge in [-0.05, 0) is 18.2 Å². The predicted octanol–water partition coefficient (Wildman–Crippen LogP) is 2.35. The van der Waals surface area contributed by atoms with Crippen molar-refractivity contribution in [2.45, 2.75) is 0 Å². The summed E-state index contributed by atoms with van der Waals surface area (Å²) in [5.74, 6) is 0.709. The first-order chi connectivity index (χ1) is 5.33. The minimum absolute atomic E-state index is 0.0937. The Bertz CT molecular complexity index is 280. The maximum Gasteiger partial charge on any atom is 0.174 e. The van der Waals surface area contributed by atoms with Gasteiger partial charge in [-0.25, -0.2) is 0 Å². The topological polar surface area (TPSA) is 33.0 Å². The van der Waals surface area contributed by atoms with Crippen molar-refractivity contribution in [3.63, 3.8) is 0 Å². The van der Waals surface area contributed by atoms with E-state index in [1.54, 1.807) is 0 Å². The van der Waals surface area contributed by atoms with Gasteiger partial charge in [-0.2, -0.15) is 5.26 Å². The van der Waals surface area contributed by atoms with Crippen LogP contribution in [0.1, 0.15) is 0 Å². The highest BCUT2D eigenvalue weighted by molar-refractivity contribution is 9.10. The SMILES string of the molecule is N#CCOc1cccc(Br)c1. The Balaban J connectivity index is 2.65. The highest BCUT2D eigenvalue weighted by Gasteiger charge is 1.91. The molecule has 0 aliphatic heterocycles.